The third kappa shape index (κ3) is 17.1. The number of carbonyl (C=O) groups is 4. The summed E-state index contributed by atoms with van der Waals surface area (Å²) in [6, 6.07) is 8.41. The van der Waals surface area contributed by atoms with Gasteiger partial charge in [-0.05, 0) is 77.6 Å². The van der Waals surface area contributed by atoms with Gasteiger partial charge in [0.25, 0.3) is 0 Å². The summed E-state index contributed by atoms with van der Waals surface area (Å²) in [7, 11) is 0. The quantitative estimate of drug-likeness (QED) is 0.0116. The first-order chi connectivity index (χ1) is 50.2. The molecular formula is C80H112O24. The summed E-state index contributed by atoms with van der Waals surface area (Å²) in [5, 5.41) is 84.9. The van der Waals surface area contributed by atoms with Gasteiger partial charge >= 0.3 is 23.9 Å². The molecule has 4 heterocycles. The molecule has 0 atom stereocenters. The highest BCUT2D eigenvalue weighted by molar-refractivity contribution is 5.80. The van der Waals surface area contributed by atoms with Crippen LogP contribution >= 0.6 is 0 Å². The van der Waals surface area contributed by atoms with E-state index in [0.29, 0.717) is 118 Å². The first-order valence-corrected chi connectivity index (χ1v) is 37.6. The smallest absolute Gasteiger partial charge is 0.316 e. The van der Waals surface area contributed by atoms with Crippen LogP contribution in [0.15, 0.2) is 24.3 Å². The van der Waals surface area contributed by atoms with Crippen LogP contribution in [0.2, 0.25) is 0 Å². The van der Waals surface area contributed by atoms with Crippen molar-refractivity contribution in [1.82, 2.24) is 0 Å². The standard InChI is InChI=1S/C80H112O24/c1-9-13-17-21-25-49-53-29-55-50(26-22-18-14-10-2)57-31-59-52(28-24-20-16-12-4)60-32-58-51(27-23-19-15-11-3)56-30-54(49)66-62(34-94-74(90)78(6,39-83)40-84)68(56)100-47-102-70(58)64(36-96-76(92)80(8,43-87)44-88)72(60)104-48-103-71(59)63(35-95-75(91)79(7,41-85)42-86)69(57)101-46-99-67(55)61(65(53)97-45-98-66)33-93-73(89)77(5,37-81)38-82/h29-32,49-52,81-88H,9-28,33-48H2,1-8H3. The maximum Gasteiger partial charge on any atom is 0.316 e. The Hall–Kier alpha value is -7.16. The van der Waals surface area contributed by atoms with Crippen LogP contribution in [0.1, 0.15) is 274 Å². The third-order valence-electron chi connectivity index (χ3n) is 21.7. The minimum Gasteiger partial charge on any atom is -0.460 e. The number of hydrogen-bond donors (Lipinski definition) is 8. The van der Waals surface area contributed by atoms with Gasteiger partial charge in [0.05, 0.1) is 75.1 Å². The molecular weight excluding hydrogens is 1340 g/mol. The Morgan fingerprint density at radius 1 is 0.298 bits per heavy atom. The number of hydrogen-bond acceptors (Lipinski definition) is 24. The van der Waals surface area contributed by atoms with Crippen molar-refractivity contribution in [2.75, 3.05) is 80.0 Å². The van der Waals surface area contributed by atoms with Crippen LogP contribution in [-0.2, 0) is 64.6 Å². The molecule has 9 rings (SSSR count). The number of benzene rings is 4. The van der Waals surface area contributed by atoms with E-state index in [9.17, 15) is 60.0 Å². The average Bonchev–Trinajstić information content (AvgIpc) is 0.723. The highest BCUT2D eigenvalue weighted by atomic mass is 16.7. The molecule has 0 aromatic heterocycles. The predicted molar refractivity (Wildman–Crippen MR) is 381 cm³/mol. The molecule has 4 aliphatic heterocycles. The van der Waals surface area contributed by atoms with Crippen molar-refractivity contribution in [2.24, 2.45) is 21.7 Å². The molecule has 0 saturated heterocycles. The van der Waals surface area contributed by atoms with Gasteiger partial charge < -0.3 is 97.7 Å². The second-order valence-electron chi connectivity index (χ2n) is 29.8. The summed E-state index contributed by atoms with van der Waals surface area (Å²) in [6.45, 7) is 4.20. The summed E-state index contributed by atoms with van der Waals surface area (Å²) in [6.07, 6.45) is 14.9. The molecule has 0 radical (unpaired) electrons. The molecule has 5 aliphatic rings. The van der Waals surface area contributed by atoms with Gasteiger partial charge in [0, 0.05) is 68.2 Å². The number of ether oxygens (including phenoxy) is 12. The maximum absolute atomic E-state index is 14.4. The van der Waals surface area contributed by atoms with Crippen LogP contribution in [0, 0.1) is 21.7 Å². The van der Waals surface area contributed by atoms with Gasteiger partial charge in [-0.25, -0.2) is 0 Å². The fourth-order valence-electron chi connectivity index (χ4n) is 14.5. The van der Waals surface area contributed by atoms with Crippen LogP contribution in [0.4, 0.5) is 0 Å². The lowest BCUT2D eigenvalue weighted by molar-refractivity contribution is -0.162. The minimum atomic E-state index is -1.73. The van der Waals surface area contributed by atoms with Gasteiger partial charge in [-0.3, -0.25) is 19.2 Å². The number of aliphatic hydroxyl groups is 8. The molecule has 0 unspecified atom stereocenters. The van der Waals surface area contributed by atoms with Crippen molar-refractivity contribution < 1.29 is 117 Å². The summed E-state index contributed by atoms with van der Waals surface area (Å²) < 4.78 is 81.1. The Kier molecular flexibility index (Phi) is 28.7. The molecule has 24 heteroatoms. The highest BCUT2D eigenvalue weighted by Crippen LogP contribution is 2.59. The van der Waals surface area contributed by atoms with Crippen molar-refractivity contribution in [3.63, 3.8) is 0 Å². The number of aliphatic hydroxyl groups excluding tert-OH is 8. The second-order valence-corrected chi connectivity index (χ2v) is 29.8. The van der Waals surface area contributed by atoms with E-state index in [0.717, 1.165) is 77.0 Å². The van der Waals surface area contributed by atoms with Gasteiger partial charge in [0.2, 0.25) is 27.2 Å². The van der Waals surface area contributed by atoms with Crippen LogP contribution in [0.25, 0.3) is 0 Å². The zero-order valence-corrected chi connectivity index (χ0v) is 62.2. The molecule has 0 spiro atoms. The number of carbonyl (C=O) groups excluding carboxylic acids is 4. The van der Waals surface area contributed by atoms with Gasteiger partial charge in [0.1, 0.15) is 94.1 Å². The largest absolute Gasteiger partial charge is 0.460 e. The zero-order valence-electron chi connectivity index (χ0n) is 62.2. The van der Waals surface area contributed by atoms with Crippen molar-refractivity contribution in [3.05, 3.63) is 91.0 Å². The molecule has 4 aromatic carbocycles. The lowest BCUT2D eigenvalue weighted by atomic mass is 9.74. The van der Waals surface area contributed by atoms with Crippen LogP contribution in [0.3, 0.4) is 0 Å². The Labute approximate surface area is 610 Å². The van der Waals surface area contributed by atoms with E-state index < -0.39 is 176 Å². The summed E-state index contributed by atoms with van der Waals surface area (Å²) in [5.41, 5.74) is -0.617. The highest BCUT2D eigenvalue weighted by Gasteiger charge is 2.45. The zero-order chi connectivity index (χ0) is 74.9. The molecule has 0 fully saturated rings. The van der Waals surface area contributed by atoms with E-state index >= 15 is 0 Å². The van der Waals surface area contributed by atoms with Crippen LogP contribution < -0.4 is 37.9 Å². The molecule has 576 valence electrons. The molecule has 4 aromatic rings. The third-order valence-corrected chi connectivity index (χ3v) is 21.7. The first-order valence-electron chi connectivity index (χ1n) is 37.6. The van der Waals surface area contributed by atoms with E-state index in [4.69, 9.17) is 56.8 Å². The normalized spacial score (nSPS) is 17.2. The molecule has 1 aliphatic carbocycles. The predicted octanol–water partition coefficient (Wildman–Crippen LogP) is 11.5. The van der Waals surface area contributed by atoms with Crippen LogP contribution in [0.5, 0.6) is 46.0 Å². The topological polar surface area (TPSA) is 341 Å². The van der Waals surface area contributed by atoms with Crippen molar-refractivity contribution >= 4 is 23.9 Å². The lowest BCUT2D eigenvalue weighted by Crippen LogP contribution is -2.37. The van der Waals surface area contributed by atoms with Gasteiger partial charge in [-0.1, -0.05) is 130 Å². The summed E-state index contributed by atoms with van der Waals surface area (Å²) in [5.74, 6) is -4.28. The number of unbranched alkanes of at least 4 members (excludes halogenated alkanes) is 12. The van der Waals surface area contributed by atoms with E-state index in [1.165, 1.54) is 27.7 Å². The van der Waals surface area contributed by atoms with E-state index in [1.807, 2.05) is 0 Å². The Balaban J connectivity index is 1.53. The summed E-state index contributed by atoms with van der Waals surface area (Å²) >= 11 is 0. The van der Waals surface area contributed by atoms with E-state index in [1.54, 1.807) is 0 Å². The van der Waals surface area contributed by atoms with E-state index in [-0.39, 0.29) is 46.0 Å². The van der Waals surface area contributed by atoms with Crippen molar-refractivity contribution in [2.45, 2.75) is 234 Å². The molecule has 104 heavy (non-hydrogen) atoms. The van der Waals surface area contributed by atoms with Crippen molar-refractivity contribution in [3.8, 4) is 46.0 Å². The molecule has 24 nitrogen and oxygen atoms in total. The van der Waals surface area contributed by atoms with E-state index in [2.05, 4.69) is 52.0 Å². The molecule has 8 bridgehead atoms. The van der Waals surface area contributed by atoms with Crippen LogP contribution in [-0.4, -0.2) is 145 Å². The Morgan fingerprint density at radius 3 is 0.606 bits per heavy atom. The Morgan fingerprint density at radius 2 is 0.462 bits per heavy atom. The van der Waals surface area contributed by atoms with Gasteiger partial charge in [-0.2, -0.15) is 0 Å². The second kappa shape index (κ2) is 36.9. The fraction of sp³-hybridized carbons (Fsp3) is 0.650. The Bertz CT molecular complexity index is 3000. The van der Waals surface area contributed by atoms with Crippen molar-refractivity contribution in [1.29, 1.82) is 0 Å². The minimum absolute atomic E-state index is 0.258. The SMILES string of the molecule is CCCCCCC1c2cc3c4c(COC(=O)C(C)(CO)CO)c2OCOc2c1cc1c(c2COC(=O)C(C)(CO)CO)OCOc2c(cc5c(c2COC(=O)C(C)(CO)CO)OCOc2c(cc(c(c2COC(=O)C(C)(CO)CO)OCO4)C3CCCCCC)C5CCCCCC)C1CCCCCC. The molecule has 0 amide bonds. The van der Waals surface area contributed by atoms with Gasteiger partial charge in [0.15, 0.2) is 0 Å². The molecule has 8 N–H and O–H groups in total. The fourth-order valence-corrected chi connectivity index (χ4v) is 14.5. The first kappa shape index (κ1) is 80.9. The molecule has 0 saturated carbocycles. The lowest BCUT2D eigenvalue weighted by Gasteiger charge is -2.38. The average molecular weight is 1460 g/mol. The van der Waals surface area contributed by atoms with Gasteiger partial charge in [-0.15, -0.1) is 0 Å². The number of rotatable bonds is 40. The maximum atomic E-state index is 14.4. The summed E-state index contributed by atoms with van der Waals surface area (Å²) in [4.78, 5) is 57.7. The monoisotopic (exact) mass is 1460 g/mol. The number of esters is 4.